The van der Waals surface area contributed by atoms with Gasteiger partial charge in [-0.1, -0.05) is 60.7 Å². The van der Waals surface area contributed by atoms with Gasteiger partial charge in [0, 0.05) is 18.3 Å². The van der Waals surface area contributed by atoms with Gasteiger partial charge >= 0.3 is 0 Å². The first-order valence-electron chi connectivity index (χ1n) is 7.95. The molecule has 0 aliphatic rings. The average Bonchev–Trinajstić information content (AvgIpc) is 2.68. The number of para-hydroxylation sites is 1. The fourth-order valence-electron chi connectivity index (χ4n) is 2.47. The van der Waals surface area contributed by atoms with Crippen molar-refractivity contribution >= 4 is 28.9 Å². The molecule has 0 unspecified atom stereocenters. The highest BCUT2D eigenvalue weighted by Gasteiger charge is 2.12. The molecule has 0 heterocycles. The summed E-state index contributed by atoms with van der Waals surface area (Å²) in [6.07, 6.45) is 0. The van der Waals surface area contributed by atoms with Crippen LogP contribution < -0.4 is 10.2 Å². The minimum absolute atomic E-state index is 0.215. The molecule has 0 saturated heterocycles. The molecule has 0 bridgehead atoms. The third-order valence-electron chi connectivity index (χ3n) is 3.92. The molecule has 0 fully saturated rings. The smallest absolute Gasteiger partial charge is 0.257 e. The molecule has 0 saturated carbocycles. The van der Waals surface area contributed by atoms with Gasteiger partial charge in [0.15, 0.2) is 5.11 Å². The maximum absolute atomic E-state index is 12.4. The molecule has 1 N–H and O–H groups in total. The summed E-state index contributed by atoms with van der Waals surface area (Å²) in [6, 6.07) is 27.2. The fraction of sp³-hybridized carbons (Fsp3) is 0.0476. The lowest BCUT2D eigenvalue weighted by Crippen LogP contribution is -2.40. The normalized spacial score (nSPS) is 10.1. The minimum atomic E-state index is -0.215. The third kappa shape index (κ3) is 4.11. The number of benzene rings is 3. The number of carbonyl (C=O) groups is 1. The van der Waals surface area contributed by atoms with Crippen LogP contribution in [0.3, 0.4) is 0 Å². The zero-order chi connectivity index (χ0) is 17.6. The number of nitrogens with zero attached hydrogens (tertiary/aromatic N) is 1. The second-order valence-corrected chi connectivity index (χ2v) is 5.98. The van der Waals surface area contributed by atoms with Crippen LogP contribution in [0.2, 0.25) is 0 Å². The summed E-state index contributed by atoms with van der Waals surface area (Å²) in [5.41, 5.74) is 3.69. The van der Waals surface area contributed by atoms with Crippen molar-refractivity contribution < 1.29 is 4.79 Å². The van der Waals surface area contributed by atoms with Crippen LogP contribution in [0.15, 0.2) is 84.9 Å². The van der Waals surface area contributed by atoms with Gasteiger partial charge in [0.2, 0.25) is 0 Å². The summed E-state index contributed by atoms with van der Waals surface area (Å²) in [6.45, 7) is 0. The Morgan fingerprint density at radius 2 is 1.32 bits per heavy atom. The number of hydrogen-bond acceptors (Lipinski definition) is 2. The second-order valence-electron chi connectivity index (χ2n) is 5.60. The molecule has 3 aromatic rings. The first-order chi connectivity index (χ1) is 12.1. The fourth-order valence-corrected chi connectivity index (χ4v) is 2.66. The zero-order valence-electron chi connectivity index (χ0n) is 13.8. The number of rotatable bonds is 3. The number of hydrogen-bond donors (Lipinski definition) is 1. The van der Waals surface area contributed by atoms with E-state index in [1.54, 1.807) is 4.90 Å². The second kappa shape index (κ2) is 7.73. The first-order valence-corrected chi connectivity index (χ1v) is 8.35. The van der Waals surface area contributed by atoms with E-state index in [4.69, 9.17) is 12.2 Å². The van der Waals surface area contributed by atoms with Gasteiger partial charge in [0.1, 0.15) is 0 Å². The van der Waals surface area contributed by atoms with Gasteiger partial charge in [-0.3, -0.25) is 10.1 Å². The molecular formula is C21H18N2OS. The highest BCUT2D eigenvalue weighted by molar-refractivity contribution is 7.80. The van der Waals surface area contributed by atoms with Crippen LogP contribution in [0.25, 0.3) is 11.1 Å². The Kier molecular flexibility index (Phi) is 5.21. The Hall–Kier alpha value is -2.98. The molecule has 124 valence electrons. The van der Waals surface area contributed by atoms with Crippen molar-refractivity contribution in [2.45, 2.75) is 0 Å². The van der Waals surface area contributed by atoms with E-state index in [1.165, 1.54) is 0 Å². The molecule has 3 aromatic carbocycles. The number of carbonyl (C=O) groups excluding carboxylic acids is 1. The first kappa shape index (κ1) is 16.9. The summed E-state index contributed by atoms with van der Waals surface area (Å²) >= 11 is 5.33. The molecule has 25 heavy (non-hydrogen) atoms. The van der Waals surface area contributed by atoms with E-state index in [1.807, 2.05) is 92.0 Å². The van der Waals surface area contributed by atoms with Gasteiger partial charge in [-0.05, 0) is 47.6 Å². The Balaban J connectivity index is 1.68. The number of nitrogens with one attached hydrogen (secondary N) is 1. The van der Waals surface area contributed by atoms with Crippen LogP contribution in [0.1, 0.15) is 10.4 Å². The van der Waals surface area contributed by atoms with Crippen molar-refractivity contribution in [3.05, 3.63) is 90.5 Å². The third-order valence-corrected chi connectivity index (χ3v) is 4.30. The van der Waals surface area contributed by atoms with Crippen LogP contribution in [0.4, 0.5) is 5.69 Å². The summed E-state index contributed by atoms with van der Waals surface area (Å²) in [4.78, 5) is 14.2. The molecule has 0 spiro atoms. The minimum Gasteiger partial charge on any atom is -0.322 e. The Bertz CT molecular complexity index is 861. The maximum atomic E-state index is 12.4. The van der Waals surface area contributed by atoms with E-state index in [2.05, 4.69) is 5.32 Å². The predicted molar refractivity (Wildman–Crippen MR) is 107 cm³/mol. The van der Waals surface area contributed by atoms with Gasteiger partial charge in [-0.2, -0.15) is 0 Å². The van der Waals surface area contributed by atoms with Crippen LogP contribution in [-0.2, 0) is 0 Å². The van der Waals surface area contributed by atoms with Crippen molar-refractivity contribution in [1.29, 1.82) is 0 Å². The van der Waals surface area contributed by atoms with Crippen LogP contribution in [-0.4, -0.2) is 18.1 Å². The molecule has 0 aromatic heterocycles. The Morgan fingerprint density at radius 3 is 1.92 bits per heavy atom. The molecule has 0 aliphatic heterocycles. The Labute approximate surface area is 152 Å². The largest absolute Gasteiger partial charge is 0.322 e. The van der Waals surface area contributed by atoms with Gasteiger partial charge in [-0.25, -0.2) is 0 Å². The van der Waals surface area contributed by atoms with E-state index in [0.29, 0.717) is 10.7 Å². The predicted octanol–water partition coefficient (Wildman–Crippen LogP) is 4.50. The van der Waals surface area contributed by atoms with Crippen LogP contribution in [0.5, 0.6) is 0 Å². The average molecular weight is 346 g/mol. The highest BCUT2D eigenvalue weighted by atomic mass is 32.1. The lowest BCUT2D eigenvalue weighted by Gasteiger charge is -2.20. The van der Waals surface area contributed by atoms with Crippen LogP contribution in [0, 0.1) is 0 Å². The van der Waals surface area contributed by atoms with E-state index in [0.717, 1.165) is 16.8 Å². The van der Waals surface area contributed by atoms with Gasteiger partial charge in [-0.15, -0.1) is 0 Å². The number of amides is 1. The van der Waals surface area contributed by atoms with E-state index in [-0.39, 0.29) is 5.91 Å². The van der Waals surface area contributed by atoms with E-state index in [9.17, 15) is 4.79 Å². The van der Waals surface area contributed by atoms with Crippen molar-refractivity contribution in [2.75, 3.05) is 11.9 Å². The molecule has 3 rings (SSSR count). The molecule has 0 atom stereocenters. The van der Waals surface area contributed by atoms with Gasteiger partial charge in [0.25, 0.3) is 5.91 Å². The van der Waals surface area contributed by atoms with Crippen molar-refractivity contribution in [2.24, 2.45) is 0 Å². The molecule has 4 heteroatoms. The summed E-state index contributed by atoms with van der Waals surface area (Å²) in [5, 5.41) is 3.14. The topological polar surface area (TPSA) is 32.3 Å². The molecular weight excluding hydrogens is 328 g/mol. The van der Waals surface area contributed by atoms with Crippen molar-refractivity contribution in [3.8, 4) is 11.1 Å². The van der Waals surface area contributed by atoms with Gasteiger partial charge < -0.3 is 4.90 Å². The molecule has 3 nitrogen and oxygen atoms in total. The molecule has 0 aliphatic carbocycles. The quantitative estimate of drug-likeness (QED) is 0.709. The monoisotopic (exact) mass is 346 g/mol. The number of thiocarbonyl (C=S) groups is 1. The van der Waals surface area contributed by atoms with Crippen molar-refractivity contribution in [1.82, 2.24) is 5.32 Å². The maximum Gasteiger partial charge on any atom is 0.257 e. The molecule has 1 amide bonds. The van der Waals surface area contributed by atoms with E-state index < -0.39 is 0 Å². The van der Waals surface area contributed by atoms with Crippen molar-refractivity contribution in [3.63, 3.8) is 0 Å². The summed E-state index contributed by atoms with van der Waals surface area (Å²) in [5.74, 6) is -0.215. The lowest BCUT2D eigenvalue weighted by molar-refractivity contribution is 0.0977. The zero-order valence-corrected chi connectivity index (χ0v) is 14.7. The lowest BCUT2D eigenvalue weighted by atomic mass is 10.0. The summed E-state index contributed by atoms with van der Waals surface area (Å²) < 4.78 is 0. The SMILES string of the molecule is CN(C(=S)NC(=O)c1ccc(-c2ccccc2)cc1)c1ccccc1. The van der Waals surface area contributed by atoms with E-state index >= 15 is 0 Å². The number of anilines is 1. The Morgan fingerprint density at radius 1 is 0.800 bits per heavy atom. The highest BCUT2D eigenvalue weighted by Crippen LogP contribution is 2.19. The standard InChI is InChI=1S/C21H18N2OS/c1-23(19-10-6-3-7-11-19)21(25)22-20(24)18-14-12-17(13-15-18)16-8-4-2-5-9-16/h2-15H,1H3,(H,22,24,25). The molecule has 0 radical (unpaired) electrons. The summed E-state index contributed by atoms with van der Waals surface area (Å²) in [7, 11) is 1.83. The van der Waals surface area contributed by atoms with Gasteiger partial charge in [0.05, 0.1) is 0 Å². The van der Waals surface area contributed by atoms with Crippen LogP contribution >= 0.6 is 12.2 Å².